The molecule has 144 valence electrons. The zero-order valence-electron chi connectivity index (χ0n) is 16.4. The van der Waals surface area contributed by atoms with Gasteiger partial charge >= 0.3 is 0 Å². The molecular formula is C27H15N3S. The maximum absolute atomic E-state index is 4.74. The number of hydrogen-bond donors (Lipinski definition) is 0. The molecule has 0 aliphatic heterocycles. The van der Waals surface area contributed by atoms with Crippen LogP contribution in [0.1, 0.15) is 0 Å². The van der Waals surface area contributed by atoms with Crippen LogP contribution < -0.4 is 0 Å². The van der Waals surface area contributed by atoms with E-state index in [-0.39, 0.29) is 0 Å². The van der Waals surface area contributed by atoms with Gasteiger partial charge < -0.3 is 0 Å². The maximum Gasteiger partial charge on any atom is 0.163 e. The van der Waals surface area contributed by atoms with Crippen molar-refractivity contribution in [3.05, 3.63) is 103 Å². The van der Waals surface area contributed by atoms with E-state index in [1.807, 2.05) is 24.3 Å². The van der Waals surface area contributed by atoms with E-state index < -0.39 is 0 Å². The van der Waals surface area contributed by atoms with Crippen molar-refractivity contribution >= 4 is 31.5 Å². The predicted octanol–water partition coefficient (Wildman–Crippen LogP) is 6.84. The van der Waals surface area contributed by atoms with Crippen molar-refractivity contribution in [1.29, 1.82) is 0 Å². The summed E-state index contributed by atoms with van der Waals surface area (Å²) in [6, 6.07) is 35.2. The van der Waals surface area contributed by atoms with E-state index in [9.17, 15) is 0 Å². The fraction of sp³-hybridized carbons (Fsp3) is 0. The Morgan fingerprint density at radius 3 is 2.19 bits per heavy atom. The molecule has 4 heteroatoms. The Bertz CT molecular complexity index is 1520. The molecule has 2 heterocycles. The smallest absolute Gasteiger partial charge is 0.163 e. The fourth-order valence-electron chi connectivity index (χ4n) is 3.76. The number of aromatic nitrogens is 3. The zero-order valence-corrected chi connectivity index (χ0v) is 17.2. The average Bonchev–Trinajstić information content (AvgIpc) is 3.23. The average molecular weight is 414 g/mol. The zero-order chi connectivity index (χ0) is 20.6. The Morgan fingerprint density at radius 1 is 0.645 bits per heavy atom. The molecule has 2 aromatic heterocycles. The van der Waals surface area contributed by atoms with Gasteiger partial charge in [0.2, 0.25) is 0 Å². The SMILES string of the molecule is c1ccc2c(c#1)sc1cc(-c3ncnc(-c4ccc(-c5ccccc5)cc4)n3)ccc12. The first-order chi connectivity index (χ1) is 15.3. The van der Waals surface area contributed by atoms with E-state index in [4.69, 9.17) is 4.98 Å². The van der Waals surface area contributed by atoms with Crippen LogP contribution in [0.25, 0.3) is 54.1 Å². The molecule has 0 amide bonds. The van der Waals surface area contributed by atoms with Crippen molar-refractivity contribution in [1.82, 2.24) is 15.0 Å². The molecule has 0 aliphatic rings. The highest BCUT2D eigenvalue weighted by Gasteiger charge is 2.10. The summed E-state index contributed by atoms with van der Waals surface area (Å²) in [5.41, 5.74) is 4.31. The molecule has 0 fully saturated rings. The molecule has 6 rings (SSSR count). The maximum atomic E-state index is 4.74. The number of thiophene rings is 1. The minimum atomic E-state index is 0.670. The molecule has 0 radical (unpaired) electrons. The van der Waals surface area contributed by atoms with Crippen molar-refractivity contribution in [2.75, 3.05) is 0 Å². The van der Waals surface area contributed by atoms with Crippen LogP contribution in [0, 0.1) is 12.1 Å². The highest BCUT2D eigenvalue weighted by Crippen LogP contribution is 2.34. The third-order valence-corrected chi connectivity index (χ3v) is 6.41. The lowest BCUT2D eigenvalue weighted by atomic mass is 10.0. The summed E-state index contributed by atoms with van der Waals surface area (Å²) in [5, 5.41) is 2.43. The largest absolute Gasteiger partial charge is 0.217 e. The second kappa shape index (κ2) is 7.32. The molecule has 0 atom stereocenters. The summed E-state index contributed by atoms with van der Waals surface area (Å²) in [6.07, 6.45) is 1.58. The Morgan fingerprint density at radius 2 is 1.35 bits per heavy atom. The summed E-state index contributed by atoms with van der Waals surface area (Å²) in [6.45, 7) is 0. The van der Waals surface area contributed by atoms with Crippen LogP contribution >= 0.6 is 11.3 Å². The number of hydrogen-bond acceptors (Lipinski definition) is 4. The van der Waals surface area contributed by atoms with Gasteiger partial charge in [0.05, 0.1) is 4.70 Å². The molecule has 0 N–H and O–H groups in total. The van der Waals surface area contributed by atoms with Gasteiger partial charge in [0.15, 0.2) is 11.6 Å². The van der Waals surface area contributed by atoms with Crippen LogP contribution in [0.4, 0.5) is 0 Å². The monoisotopic (exact) mass is 413 g/mol. The minimum Gasteiger partial charge on any atom is -0.217 e. The lowest BCUT2D eigenvalue weighted by Crippen LogP contribution is -1.95. The lowest BCUT2D eigenvalue weighted by molar-refractivity contribution is 1.07. The van der Waals surface area contributed by atoms with Crippen molar-refractivity contribution in [2.45, 2.75) is 0 Å². The number of fused-ring (bicyclic) bond motifs is 3. The van der Waals surface area contributed by atoms with Crippen molar-refractivity contribution < 1.29 is 0 Å². The normalized spacial score (nSPS) is 11.0. The van der Waals surface area contributed by atoms with Gasteiger partial charge in [-0.2, -0.15) is 0 Å². The Hall–Kier alpha value is -4.07. The summed E-state index contributed by atoms with van der Waals surface area (Å²) in [7, 11) is 0. The highest BCUT2D eigenvalue weighted by atomic mass is 32.1. The van der Waals surface area contributed by atoms with E-state index in [1.54, 1.807) is 17.7 Å². The minimum absolute atomic E-state index is 0.670. The summed E-state index contributed by atoms with van der Waals surface area (Å²) in [4.78, 5) is 13.6. The van der Waals surface area contributed by atoms with Crippen LogP contribution in [0.5, 0.6) is 0 Å². The molecular weight excluding hydrogens is 398 g/mol. The van der Waals surface area contributed by atoms with Crippen LogP contribution in [-0.2, 0) is 0 Å². The van der Waals surface area contributed by atoms with Crippen molar-refractivity contribution in [3.63, 3.8) is 0 Å². The summed E-state index contributed by atoms with van der Waals surface area (Å²) in [5.74, 6) is 1.34. The van der Waals surface area contributed by atoms with Crippen molar-refractivity contribution in [3.8, 4) is 33.9 Å². The van der Waals surface area contributed by atoms with E-state index >= 15 is 0 Å². The van der Waals surface area contributed by atoms with E-state index in [1.165, 1.54) is 26.6 Å². The predicted molar refractivity (Wildman–Crippen MR) is 127 cm³/mol. The molecule has 3 nitrogen and oxygen atoms in total. The van der Waals surface area contributed by atoms with Crippen LogP contribution in [0.3, 0.4) is 0 Å². The van der Waals surface area contributed by atoms with Crippen LogP contribution in [-0.4, -0.2) is 15.0 Å². The summed E-state index contributed by atoms with van der Waals surface area (Å²) >= 11 is 1.71. The molecule has 6 aromatic rings. The third kappa shape index (κ3) is 3.22. The molecule has 0 aliphatic carbocycles. The number of nitrogens with zero attached hydrogens (tertiary/aromatic N) is 3. The fourth-order valence-corrected chi connectivity index (χ4v) is 4.85. The van der Waals surface area contributed by atoms with Gasteiger partial charge in [0, 0.05) is 26.6 Å². The Labute approximate surface area is 183 Å². The number of benzene rings is 3. The van der Waals surface area contributed by atoms with Crippen LogP contribution in [0.15, 0.2) is 91.3 Å². The second-order valence-electron chi connectivity index (χ2n) is 7.23. The highest BCUT2D eigenvalue weighted by molar-refractivity contribution is 7.25. The molecule has 31 heavy (non-hydrogen) atoms. The molecule has 0 bridgehead atoms. The molecule has 4 aromatic carbocycles. The van der Waals surface area contributed by atoms with Gasteiger partial charge in [-0.3, -0.25) is 0 Å². The lowest BCUT2D eigenvalue weighted by Gasteiger charge is -2.06. The van der Waals surface area contributed by atoms with E-state index in [2.05, 4.69) is 82.8 Å². The topological polar surface area (TPSA) is 38.7 Å². The standard InChI is InChI=1S/C27H15N3S/c1-2-6-18(7-3-1)19-10-12-20(13-11-19)26-28-17-29-27(30-26)21-14-15-23-22-8-4-5-9-24(22)31-25(23)16-21/h1-4,6-8,10-17H. The first-order valence-electron chi connectivity index (χ1n) is 9.95. The molecule has 0 saturated carbocycles. The quantitative estimate of drug-likeness (QED) is 0.319. The van der Waals surface area contributed by atoms with Gasteiger partial charge in [0.1, 0.15) is 6.33 Å². The number of rotatable bonds is 3. The van der Waals surface area contributed by atoms with Gasteiger partial charge in [-0.25, -0.2) is 15.0 Å². The molecule has 0 unspecified atom stereocenters. The third-order valence-electron chi connectivity index (χ3n) is 5.33. The van der Waals surface area contributed by atoms with Gasteiger partial charge in [-0.1, -0.05) is 78.9 Å². The van der Waals surface area contributed by atoms with Gasteiger partial charge in [-0.05, 0) is 29.3 Å². The Balaban J connectivity index is 1.37. The Kier molecular flexibility index (Phi) is 4.19. The molecule has 0 spiro atoms. The van der Waals surface area contributed by atoms with Crippen molar-refractivity contribution in [2.24, 2.45) is 0 Å². The first kappa shape index (κ1) is 17.8. The van der Waals surface area contributed by atoms with Gasteiger partial charge in [-0.15, -0.1) is 11.3 Å². The van der Waals surface area contributed by atoms with Gasteiger partial charge in [0.25, 0.3) is 0 Å². The first-order valence-corrected chi connectivity index (χ1v) is 10.8. The van der Waals surface area contributed by atoms with Crippen LogP contribution in [0.2, 0.25) is 0 Å². The second-order valence-corrected chi connectivity index (χ2v) is 8.29. The van der Waals surface area contributed by atoms with E-state index in [0.717, 1.165) is 15.8 Å². The van der Waals surface area contributed by atoms with E-state index in [0.29, 0.717) is 11.6 Å². The summed E-state index contributed by atoms with van der Waals surface area (Å²) < 4.78 is 2.31. The molecule has 0 saturated heterocycles.